The van der Waals surface area contributed by atoms with E-state index in [4.69, 9.17) is 9.84 Å². The van der Waals surface area contributed by atoms with Gasteiger partial charge in [0.1, 0.15) is 41.7 Å². The number of hydrogen-bond donors (Lipinski definition) is 1. The SMILES string of the molecule is O=C(CN1c2nc(Oc3ccc(F)cc3)ccc2C(=O)N2N=C(C3CCCCC3)CC21)Nc1ccc(F)cn1. The fourth-order valence-corrected chi connectivity index (χ4v) is 5.36. The highest BCUT2D eigenvalue weighted by atomic mass is 19.1. The number of benzene rings is 1. The van der Waals surface area contributed by atoms with Crippen molar-refractivity contribution in [2.75, 3.05) is 16.8 Å². The van der Waals surface area contributed by atoms with Crippen LogP contribution in [0, 0.1) is 17.6 Å². The maximum Gasteiger partial charge on any atom is 0.279 e. The van der Waals surface area contributed by atoms with Crippen molar-refractivity contribution in [3.8, 4) is 11.6 Å². The van der Waals surface area contributed by atoms with Gasteiger partial charge < -0.3 is 15.0 Å². The smallest absolute Gasteiger partial charge is 0.279 e. The van der Waals surface area contributed by atoms with Gasteiger partial charge in [0.05, 0.1) is 11.8 Å². The summed E-state index contributed by atoms with van der Waals surface area (Å²) in [7, 11) is 0. The van der Waals surface area contributed by atoms with E-state index in [0.29, 0.717) is 29.5 Å². The Bertz CT molecular complexity index is 1420. The number of nitrogens with one attached hydrogen (secondary N) is 1. The number of pyridine rings is 2. The maximum absolute atomic E-state index is 13.5. The Hall–Kier alpha value is -4.41. The molecule has 2 aromatic heterocycles. The average Bonchev–Trinajstić information content (AvgIpc) is 3.40. The highest BCUT2D eigenvalue weighted by molar-refractivity contribution is 6.05. The zero-order chi connectivity index (χ0) is 26.9. The molecule has 9 nitrogen and oxygen atoms in total. The van der Waals surface area contributed by atoms with E-state index >= 15 is 0 Å². The van der Waals surface area contributed by atoms with Crippen LogP contribution in [-0.2, 0) is 4.79 Å². The van der Waals surface area contributed by atoms with Crippen molar-refractivity contribution in [3.05, 3.63) is 71.9 Å². The van der Waals surface area contributed by atoms with Crippen molar-refractivity contribution in [1.82, 2.24) is 15.0 Å². The predicted molar refractivity (Wildman–Crippen MR) is 139 cm³/mol. The van der Waals surface area contributed by atoms with Gasteiger partial charge in [0.2, 0.25) is 11.8 Å². The van der Waals surface area contributed by atoms with Gasteiger partial charge in [0.15, 0.2) is 0 Å². The summed E-state index contributed by atoms with van der Waals surface area (Å²) < 4.78 is 32.4. The first kappa shape index (κ1) is 24.9. The van der Waals surface area contributed by atoms with Gasteiger partial charge in [-0.2, -0.15) is 10.1 Å². The van der Waals surface area contributed by atoms with Crippen molar-refractivity contribution in [1.29, 1.82) is 0 Å². The zero-order valence-corrected chi connectivity index (χ0v) is 21.0. The lowest BCUT2D eigenvalue weighted by Gasteiger charge is -2.39. The second-order valence-corrected chi connectivity index (χ2v) is 9.88. The van der Waals surface area contributed by atoms with Gasteiger partial charge in [0, 0.05) is 18.2 Å². The largest absolute Gasteiger partial charge is 0.439 e. The van der Waals surface area contributed by atoms with Crippen LogP contribution < -0.4 is 15.0 Å². The Labute approximate surface area is 223 Å². The van der Waals surface area contributed by atoms with Crippen molar-refractivity contribution in [3.63, 3.8) is 0 Å². The summed E-state index contributed by atoms with van der Waals surface area (Å²) in [5.41, 5.74) is 1.26. The summed E-state index contributed by atoms with van der Waals surface area (Å²) in [5, 5.41) is 8.88. The van der Waals surface area contributed by atoms with E-state index in [1.165, 1.54) is 47.8 Å². The van der Waals surface area contributed by atoms with Gasteiger partial charge in [-0.15, -0.1) is 0 Å². The molecule has 2 amide bonds. The number of anilines is 2. The van der Waals surface area contributed by atoms with Crippen molar-refractivity contribution in [2.45, 2.75) is 44.7 Å². The maximum atomic E-state index is 13.5. The van der Waals surface area contributed by atoms with Crippen LogP contribution in [-0.4, -0.2) is 45.2 Å². The van der Waals surface area contributed by atoms with Gasteiger partial charge in [0.25, 0.3) is 5.91 Å². The molecule has 39 heavy (non-hydrogen) atoms. The van der Waals surface area contributed by atoms with Gasteiger partial charge in [-0.1, -0.05) is 19.3 Å². The van der Waals surface area contributed by atoms with E-state index in [9.17, 15) is 18.4 Å². The molecule has 3 aromatic rings. The molecule has 1 N–H and O–H groups in total. The van der Waals surface area contributed by atoms with E-state index in [2.05, 4.69) is 15.3 Å². The van der Waals surface area contributed by atoms with Crippen LogP contribution in [0.1, 0.15) is 48.9 Å². The van der Waals surface area contributed by atoms with E-state index < -0.39 is 23.7 Å². The number of fused-ring (bicyclic) bond motifs is 2. The second kappa shape index (κ2) is 10.4. The van der Waals surface area contributed by atoms with E-state index in [-0.39, 0.29) is 24.1 Å². The first-order valence-electron chi connectivity index (χ1n) is 13.0. The van der Waals surface area contributed by atoms with Crippen LogP contribution in [0.5, 0.6) is 11.6 Å². The van der Waals surface area contributed by atoms with Crippen LogP contribution in [0.2, 0.25) is 0 Å². The highest BCUT2D eigenvalue weighted by Crippen LogP contribution is 2.39. The van der Waals surface area contributed by atoms with Crippen molar-refractivity contribution >= 4 is 29.2 Å². The van der Waals surface area contributed by atoms with Gasteiger partial charge in [-0.25, -0.2) is 18.8 Å². The summed E-state index contributed by atoms with van der Waals surface area (Å²) in [6, 6.07) is 11.2. The molecule has 1 aliphatic carbocycles. The third kappa shape index (κ3) is 5.16. The monoisotopic (exact) mass is 532 g/mol. The van der Waals surface area contributed by atoms with Crippen LogP contribution >= 0.6 is 0 Å². The standard InChI is InChI=1S/C28H26F2N6O3/c29-18-6-9-20(10-7-18)39-25-13-11-21-27(33-25)35(16-24(37)32-23-12-8-19(30)15-31-23)26-14-22(34-36(26)28(21)38)17-4-2-1-3-5-17/h6-13,15,17,26H,1-5,14,16H2,(H,31,32,37). The lowest BCUT2D eigenvalue weighted by atomic mass is 9.84. The summed E-state index contributed by atoms with van der Waals surface area (Å²) in [4.78, 5) is 36.9. The number of hydrogen-bond acceptors (Lipinski definition) is 7. The number of hydrazone groups is 1. The Morgan fingerprint density at radius 1 is 1.00 bits per heavy atom. The summed E-state index contributed by atoms with van der Waals surface area (Å²) in [6.45, 7) is -0.152. The summed E-state index contributed by atoms with van der Waals surface area (Å²) in [6.07, 6.45) is 6.52. The summed E-state index contributed by atoms with van der Waals surface area (Å²) in [5.74, 6) is -0.226. The minimum absolute atomic E-state index is 0.152. The zero-order valence-electron chi connectivity index (χ0n) is 21.0. The molecule has 1 aromatic carbocycles. The predicted octanol–water partition coefficient (Wildman–Crippen LogP) is 5.11. The van der Waals surface area contributed by atoms with E-state index in [1.54, 1.807) is 17.0 Å². The molecule has 0 saturated heterocycles. The minimum Gasteiger partial charge on any atom is -0.439 e. The van der Waals surface area contributed by atoms with Crippen LogP contribution in [0.25, 0.3) is 0 Å². The fourth-order valence-electron chi connectivity index (χ4n) is 5.36. The summed E-state index contributed by atoms with van der Waals surface area (Å²) >= 11 is 0. The molecule has 200 valence electrons. The first-order chi connectivity index (χ1) is 18.9. The number of rotatable bonds is 6. The number of halogens is 2. The average molecular weight is 533 g/mol. The molecule has 1 saturated carbocycles. The van der Waals surface area contributed by atoms with Gasteiger partial charge in [-0.3, -0.25) is 9.59 Å². The molecule has 0 spiro atoms. The quantitative estimate of drug-likeness (QED) is 0.473. The molecule has 11 heteroatoms. The fraction of sp³-hybridized carbons (Fsp3) is 0.321. The molecule has 0 radical (unpaired) electrons. The first-order valence-corrected chi connectivity index (χ1v) is 13.0. The van der Waals surface area contributed by atoms with E-state index in [1.807, 2.05) is 0 Å². The molecule has 4 heterocycles. The number of carbonyl (C=O) groups is 2. The number of carbonyl (C=O) groups excluding carboxylic acids is 2. The van der Waals surface area contributed by atoms with Crippen molar-refractivity contribution < 1.29 is 23.1 Å². The topological polar surface area (TPSA) is 100 Å². The Morgan fingerprint density at radius 3 is 2.51 bits per heavy atom. The number of amides is 2. The third-order valence-corrected chi connectivity index (χ3v) is 7.25. The molecule has 3 aliphatic rings. The molecule has 1 fully saturated rings. The number of aromatic nitrogens is 2. The number of ether oxygens (including phenoxy) is 1. The Balaban J connectivity index is 1.31. The molecule has 0 bridgehead atoms. The van der Waals surface area contributed by atoms with Crippen molar-refractivity contribution in [2.24, 2.45) is 11.0 Å². The van der Waals surface area contributed by atoms with E-state index in [0.717, 1.165) is 37.6 Å². The van der Waals surface area contributed by atoms with Crippen LogP contribution in [0.15, 0.2) is 59.8 Å². The molecule has 2 aliphatic heterocycles. The molecular weight excluding hydrogens is 506 g/mol. The molecule has 1 atom stereocenters. The lowest BCUT2D eigenvalue weighted by molar-refractivity contribution is -0.115. The second-order valence-electron chi connectivity index (χ2n) is 9.88. The highest BCUT2D eigenvalue weighted by Gasteiger charge is 2.45. The molecule has 1 unspecified atom stereocenters. The Kier molecular flexibility index (Phi) is 6.64. The molecule has 6 rings (SSSR count). The minimum atomic E-state index is -0.526. The van der Waals surface area contributed by atoms with Crippen LogP contribution in [0.3, 0.4) is 0 Å². The third-order valence-electron chi connectivity index (χ3n) is 7.25. The molecular formula is C28H26F2N6O3. The lowest BCUT2D eigenvalue weighted by Crippen LogP contribution is -2.53. The Morgan fingerprint density at radius 2 is 1.77 bits per heavy atom. The number of nitrogens with zero attached hydrogens (tertiary/aromatic N) is 5. The van der Waals surface area contributed by atoms with Crippen LogP contribution in [0.4, 0.5) is 20.4 Å². The van der Waals surface area contributed by atoms with Gasteiger partial charge >= 0.3 is 0 Å². The van der Waals surface area contributed by atoms with Gasteiger partial charge in [-0.05, 0) is 61.2 Å². The normalized spacial score (nSPS) is 18.9.